The predicted molar refractivity (Wildman–Crippen MR) is 46.4 cm³/mol. The molecule has 1 aliphatic rings. The maximum atomic E-state index is 9.39. The standard InChI is InChI=1S/C9H16N2O/c1-7(8(2)12)9(6-10)4-3-5-11-9/h7-8,11-12H,3-5H2,1-2H3. The lowest BCUT2D eigenvalue weighted by Gasteiger charge is -2.30. The van der Waals surface area contributed by atoms with E-state index in [2.05, 4.69) is 11.4 Å². The summed E-state index contributed by atoms with van der Waals surface area (Å²) in [6.07, 6.45) is 1.47. The average Bonchev–Trinajstić information content (AvgIpc) is 2.52. The highest BCUT2D eigenvalue weighted by atomic mass is 16.3. The Morgan fingerprint density at radius 2 is 2.25 bits per heavy atom. The lowest BCUT2D eigenvalue weighted by atomic mass is 9.82. The Kier molecular flexibility index (Phi) is 2.71. The molecule has 1 fully saturated rings. The van der Waals surface area contributed by atoms with Crippen molar-refractivity contribution in [2.45, 2.75) is 38.3 Å². The number of hydrogen-bond acceptors (Lipinski definition) is 3. The van der Waals surface area contributed by atoms with Gasteiger partial charge in [0.25, 0.3) is 0 Å². The van der Waals surface area contributed by atoms with E-state index in [0.29, 0.717) is 0 Å². The van der Waals surface area contributed by atoms with Gasteiger partial charge in [-0.05, 0) is 26.3 Å². The van der Waals surface area contributed by atoms with Crippen LogP contribution in [0, 0.1) is 17.2 Å². The molecule has 0 radical (unpaired) electrons. The average molecular weight is 168 g/mol. The summed E-state index contributed by atoms with van der Waals surface area (Å²) in [4.78, 5) is 0. The largest absolute Gasteiger partial charge is 0.393 e. The molecule has 2 N–H and O–H groups in total. The molecule has 1 rings (SSSR count). The second-order valence-corrected chi connectivity index (χ2v) is 3.64. The monoisotopic (exact) mass is 168 g/mol. The maximum absolute atomic E-state index is 9.39. The van der Waals surface area contributed by atoms with Crippen LogP contribution in [0.1, 0.15) is 26.7 Å². The van der Waals surface area contributed by atoms with Gasteiger partial charge in [0.15, 0.2) is 0 Å². The number of nitrogens with zero attached hydrogens (tertiary/aromatic N) is 1. The van der Waals surface area contributed by atoms with Crippen LogP contribution in [-0.2, 0) is 0 Å². The Morgan fingerprint density at radius 3 is 2.58 bits per heavy atom. The Hall–Kier alpha value is -0.590. The first-order valence-electron chi connectivity index (χ1n) is 4.47. The van der Waals surface area contributed by atoms with E-state index < -0.39 is 11.6 Å². The zero-order valence-corrected chi connectivity index (χ0v) is 7.67. The van der Waals surface area contributed by atoms with Crippen molar-refractivity contribution in [2.75, 3.05) is 6.54 Å². The molecule has 1 heterocycles. The first-order valence-corrected chi connectivity index (χ1v) is 4.47. The van der Waals surface area contributed by atoms with Gasteiger partial charge in [-0.1, -0.05) is 6.92 Å². The summed E-state index contributed by atoms with van der Waals surface area (Å²) in [5.74, 6) is 0.00463. The summed E-state index contributed by atoms with van der Waals surface area (Å²) in [5.41, 5.74) is -0.478. The van der Waals surface area contributed by atoms with Gasteiger partial charge in [0, 0.05) is 5.92 Å². The van der Waals surface area contributed by atoms with Gasteiger partial charge in [-0.25, -0.2) is 0 Å². The highest BCUT2D eigenvalue weighted by Gasteiger charge is 2.40. The molecule has 1 saturated heterocycles. The Morgan fingerprint density at radius 1 is 1.58 bits per heavy atom. The summed E-state index contributed by atoms with van der Waals surface area (Å²) in [6.45, 7) is 4.56. The molecule has 68 valence electrons. The lowest BCUT2D eigenvalue weighted by Crippen LogP contribution is -2.48. The normalized spacial score (nSPS) is 34.2. The highest BCUT2D eigenvalue weighted by molar-refractivity contribution is 5.13. The van der Waals surface area contributed by atoms with Crippen molar-refractivity contribution in [2.24, 2.45) is 5.92 Å². The second kappa shape index (κ2) is 3.42. The van der Waals surface area contributed by atoms with E-state index in [9.17, 15) is 5.11 Å². The molecule has 1 aliphatic heterocycles. The van der Waals surface area contributed by atoms with Gasteiger partial charge in [-0.2, -0.15) is 5.26 Å². The molecular weight excluding hydrogens is 152 g/mol. The molecule has 0 aromatic rings. The van der Waals surface area contributed by atoms with Crippen LogP contribution in [0.4, 0.5) is 0 Å². The van der Waals surface area contributed by atoms with Crippen LogP contribution in [0.25, 0.3) is 0 Å². The Labute approximate surface area is 73.4 Å². The number of hydrogen-bond donors (Lipinski definition) is 2. The molecule has 0 aliphatic carbocycles. The summed E-state index contributed by atoms with van der Waals surface area (Å²) >= 11 is 0. The van der Waals surface area contributed by atoms with Crippen LogP contribution in [0.3, 0.4) is 0 Å². The van der Waals surface area contributed by atoms with Crippen LogP contribution in [0.5, 0.6) is 0 Å². The molecular formula is C9H16N2O. The number of nitrogens with one attached hydrogen (secondary N) is 1. The van der Waals surface area contributed by atoms with E-state index in [1.165, 1.54) is 0 Å². The summed E-state index contributed by atoms with van der Waals surface area (Å²) in [7, 11) is 0. The molecule has 0 amide bonds. The third kappa shape index (κ3) is 1.45. The topological polar surface area (TPSA) is 56.0 Å². The Bertz CT molecular complexity index is 189. The molecule has 0 saturated carbocycles. The van der Waals surface area contributed by atoms with E-state index in [4.69, 9.17) is 5.26 Å². The van der Waals surface area contributed by atoms with Gasteiger partial charge in [0.05, 0.1) is 12.2 Å². The number of aliphatic hydroxyl groups is 1. The van der Waals surface area contributed by atoms with E-state index in [1.807, 2.05) is 6.92 Å². The maximum Gasteiger partial charge on any atom is 0.111 e. The Balaban J connectivity index is 2.74. The minimum absolute atomic E-state index is 0.00463. The molecule has 0 aromatic heterocycles. The van der Waals surface area contributed by atoms with Crippen molar-refractivity contribution in [1.82, 2.24) is 5.32 Å². The van der Waals surface area contributed by atoms with Crippen molar-refractivity contribution >= 4 is 0 Å². The highest BCUT2D eigenvalue weighted by Crippen LogP contribution is 2.29. The number of aliphatic hydroxyl groups excluding tert-OH is 1. The fraction of sp³-hybridized carbons (Fsp3) is 0.889. The van der Waals surface area contributed by atoms with E-state index >= 15 is 0 Å². The zero-order valence-electron chi connectivity index (χ0n) is 7.67. The molecule has 3 nitrogen and oxygen atoms in total. The smallest absolute Gasteiger partial charge is 0.111 e. The number of nitriles is 1. The van der Waals surface area contributed by atoms with Crippen molar-refractivity contribution < 1.29 is 5.11 Å². The van der Waals surface area contributed by atoms with E-state index in [0.717, 1.165) is 19.4 Å². The van der Waals surface area contributed by atoms with Gasteiger partial charge >= 0.3 is 0 Å². The summed E-state index contributed by atoms with van der Waals surface area (Å²) in [5, 5.41) is 21.6. The number of rotatable bonds is 2. The molecule has 3 atom stereocenters. The molecule has 3 unspecified atom stereocenters. The third-order valence-corrected chi connectivity index (χ3v) is 2.89. The lowest BCUT2D eigenvalue weighted by molar-refractivity contribution is 0.0949. The molecule has 12 heavy (non-hydrogen) atoms. The van der Waals surface area contributed by atoms with Gasteiger partial charge in [0.1, 0.15) is 5.54 Å². The van der Waals surface area contributed by atoms with Crippen LogP contribution in [0.15, 0.2) is 0 Å². The fourth-order valence-electron chi connectivity index (χ4n) is 1.76. The molecule has 3 heteroatoms. The van der Waals surface area contributed by atoms with Crippen molar-refractivity contribution in [1.29, 1.82) is 5.26 Å². The molecule has 0 spiro atoms. The van der Waals surface area contributed by atoms with Crippen LogP contribution in [-0.4, -0.2) is 23.3 Å². The summed E-state index contributed by atoms with van der Waals surface area (Å²) < 4.78 is 0. The minimum Gasteiger partial charge on any atom is -0.393 e. The zero-order chi connectivity index (χ0) is 9.19. The van der Waals surface area contributed by atoms with Crippen LogP contribution in [0.2, 0.25) is 0 Å². The van der Waals surface area contributed by atoms with E-state index in [1.54, 1.807) is 6.92 Å². The quantitative estimate of drug-likeness (QED) is 0.636. The van der Waals surface area contributed by atoms with Crippen LogP contribution < -0.4 is 5.32 Å². The van der Waals surface area contributed by atoms with Crippen LogP contribution >= 0.6 is 0 Å². The van der Waals surface area contributed by atoms with Crippen molar-refractivity contribution in [3.8, 4) is 6.07 Å². The van der Waals surface area contributed by atoms with Gasteiger partial charge in [-0.15, -0.1) is 0 Å². The van der Waals surface area contributed by atoms with Gasteiger partial charge in [0.2, 0.25) is 0 Å². The van der Waals surface area contributed by atoms with E-state index in [-0.39, 0.29) is 5.92 Å². The molecule has 0 bridgehead atoms. The first-order chi connectivity index (χ1) is 5.62. The second-order valence-electron chi connectivity index (χ2n) is 3.64. The first kappa shape index (κ1) is 9.50. The third-order valence-electron chi connectivity index (χ3n) is 2.89. The predicted octanol–water partition coefficient (Wildman–Crippen LogP) is 0.649. The summed E-state index contributed by atoms with van der Waals surface area (Å²) in [6, 6.07) is 2.29. The fourth-order valence-corrected chi connectivity index (χ4v) is 1.76. The van der Waals surface area contributed by atoms with Crippen molar-refractivity contribution in [3.63, 3.8) is 0 Å². The molecule has 0 aromatic carbocycles. The van der Waals surface area contributed by atoms with Gasteiger partial charge in [-0.3, -0.25) is 5.32 Å². The van der Waals surface area contributed by atoms with Crippen molar-refractivity contribution in [3.05, 3.63) is 0 Å². The SMILES string of the molecule is CC(O)C(C)C1(C#N)CCCN1. The minimum atomic E-state index is -0.478. The van der Waals surface area contributed by atoms with Gasteiger partial charge < -0.3 is 5.11 Å².